The van der Waals surface area contributed by atoms with E-state index in [1.807, 2.05) is 25.1 Å². The van der Waals surface area contributed by atoms with Gasteiger partial charge in [0, 0.05) is 24.8 Å². The van der Waals surface area contributed by atoms with Crippen LogP contribution in [0.3, 0.4) is 0 Å². The maximum Gasteiger partial charge on any atom is 0.231 e. The van der Waals surface area contributed by atoms with Crippen molar-refractivity contribution in [1.29, 1.82) is 0 Å². The average molecular weight is 333 g/mol. The molecule has 2 aromatic rings. The maximum absolute atomic E-state index is 5.37. The smallest absolute Gasteiger partial charge is 0.231 e. The van der Waals surface area contributed by atoms with E-state index in [9.17, 15) is 0 Å². The molecule has 0 aromatic carbocycles. The highest BCUT2D eigenvalue weighted by atomic mass is 32.1. The number of hydrogen-bond donors (Lipinski definition) is 2. The van der Waals surface area contributed by atoms with Gasteiger partial charge in [0.1, 0.15) is 11.6 Å². The van der Waals surface area contributed by atoms with E-state index in [0.717, 1.165) is 43.6 Å². The minimum absolute atomic E-state index is 0.458. The summed E-state index contributed by atoms with van der Waals surface area (Å²) in [7, 11) is 0. The lowest BCUT2D eigenvalue weighted by Gasteiger charge is -2.28. The first-order valence-electron chi connectivity index (χ1n) is 7.46. The molecule has 0 unspecified atom stereocenters. The van der Waals surface area contributed by atoms with Gasteiger partial charge in [-0.25, -0.2) is 4.98 Å². The number of nitrogens with zero attached hydrogens (tertiary/aromatic N) is 3. The molecule has 2 aromatic heterocycles. The molecule has 0 amide bonds. The Bertz CT molecular complexity index is 656. The van der Waals surface area contributed by atoms with E-state index >= 15 is 0 Å². The van der Waals surface area contributed by atoms with Gasteiger partial charge >= 0.3 is 0 Å². The van der Waals surface area contributed by atoms with Gasteiger partial charge in [-0.15, -0.1) is 0 Å². The molecule has 0 radical (unpaired) electrons. The number of hydrogen-bond acceptors (Lipinski definition) is 6. The van der Waals surface area contributed by atoms with Crippen LogP contribution in [0.25, 0.3) is 0 Å². The molecule has 0 saturated carbocycles. The Labute approximate surface area is 140 Å². The summed E-state index contributed by atoms with van der Waals surface area (Å²) in [5.41, 5.74) is 0.887. The van der Waals surface area contributed by atoms with E-state index in [4.69, 9.17) is 21.4 Å². The van der Waals surface area contributed by atoms with E-state index in [0.29, 0.717) is 17.6 Å². The molecule has 2 N–H and O–H groups in total. The Morgan fingerprint density at radius 1 is 1.35 bits per heavy atom. The number of aryl methyl sites for hydroxylation is 1. The second-order valence-electron chi connectivity index (χ2n) is 5.18. The molecule has 7 nitrogen and oxygen atoms in total. The molecule has 1 fully saturated rings. The Morgan fingerprint density at radius 2 is 2.17 bits per heavy atom. The average Bonchev–Trinajstić information content (AvgIpc) is 3.07. The third-order valence-corrected chi connectivity index (χ3v) is 3.65. The van der Waals surface area contributed by atoms with Crippen molar-refractivity contribution in [2.45, 2.75) is 13.5 Å². The number of ether oxygens (including phenoxy) is 1. The van der Waals surface area contributed by atoms with E-state index in [-0.39, 0.29) is 0 Å². The predicted molar refractivity (Wildman–Crippen MR) is 91.6 cm³/mol. The van der Waals surface area contributed by atoms with E-state index in [1.165, 1.54) is 0 Å². The van der Waals surface area contributed by atoms with Crippen LogP contribution in [0.5, 0.6) is 0 Å². The molecule has 0 atom stereocenters. The minimum Gasteiger partial charge on any atom is -0.467 e. The van der Waals surface area contributed by atoms with Crippen LogP contribution in [0, 0.1) is 6.92 Å². The van der Waals surface area contributed by atoms with Crippen molar-refractivity contribution in [2.24, 2.45) is 0 Å². The minimum atomic E-state index is 0.458. The van der Waals surface area contributed by atoms with Crippen LogP contribution in [0.15, 0.2) is 28.9 Å². The Hall–Kier alpha value is -2.19. The van der Waals surface area contributed by atoms with Crippen LogP contribution in [-0.4, -0.2) is 41.4 Å². The zero-order valence-corrected chi connectivity index (χ0v) is 13.7. The molecule has 3 rings (SSSR count). The second-order valence-corrected chi connectivity index (χ2v) is 5.59. The molecule has 3 heterocycles. The predicted octanol–water partition coefficient (Wildman–Crippen LogP) is 1.70. The highest BCUT2D eigenvalue weighted by Crippen LogP contribution is 2.16. The van der Waals surface area contributed by atoms with Crippen LogP contribution in [-0.2, 0) is 11.3 Å². The number of thiocarbonyl (C=S) groups is 1. The summed E-state index contributed by atoms with van der Waals surface area (Å²) >= 11 is 5.27. The molecule has 1 aliphatic heterocycles. The third-order valence-electron chi connectivity index (χ3n) is 3.40. The summed E-state index contributed by atoms with van der Waals surface area (Å²) < 4.78 is 10.6. The Balaban J connectivity index is 1.62. The lowest BCUT2D eigenvalue weighted by atomic mass is 10.3. The summed E-state index contributed by atoms with van der Waals surface area (Å²) in [4.78, 5) is 11.1. The molecule has 1 saturated heterocycles. The molecular weight excluding hydrogens is 314 g/mol. The summed E-state index contributed by atoms with van der Waals surface area (Å²) in [6.45, 7) is 5.55. The third kappa shape index (κ3) is 4.40. The number of anilines is 2. The molecule has 8 heteroatoms. The van der Waals surface area contributed by atoms with Crippen molar-refractivity contribution in [1.82, 2.24) is 15.3 Å². The van der Waals surface area contributed by atoms with Gasteiger partial charge in [0.25, 0.3) is 0 Å². The molecule has 0 spiro atoms. The van der Waals surface area contributed by atoms with Crippen LogP contribution >= 0.6 is 12.2 Å². The van der Waals surface area contributed by atoms with Crippen molar-refractivity contribution in [3.63, 3.8) is 0 Å². The van der Waals surface area contributed by atoms with Crippen LogP contribution in [0.2, 0.25) is 0 Å². The SMILES string of the molecule is Cc1cc(N2CCOCC2)nc(NC(=S)NCc2ccco2)n1. The number of aromatic nitrogens is 2. The Morgan fingerprint density at radius 3 is 2.91 bits per heavy atom. The fourth-order valence-electron chi connectivity index (χ4n) is 2.29. The van der Waals surface area contributed by atoms with Gasteiger partial charge in [0.2, 0.25) is 5.95 Å². The first-order chi connectivity index (χ1) is 11.2. The van der Waals surface area contributed by atoms with Crippen molar-refractivity contribution >= 4 is 29.1 Å². The normalized spacial score (nSPS) is 14.6. The van der Waals surface area contributed by atoms with Crippen LogP contribution in [0.1, 0.15) is 11.5 Å². The zero-order chi connectivity index (χ0) is 16.1. The maximum atomic E-state index is 5.37. The van der Waals surface area contributed by atoms with E-state index in [2.05, 4.69) is 25.5 Å². The molecule has 0 aliphatic carbocycles. The second kappa shape index (κ2) is 7.38. The Kier molecular flexibility index (Phi) is 5.04. The van der Waals surface area contributed by atoms with Gasteiger partial charge in [-0.05, 0) is 31.3 Å². The molecule has 0 bridgehead atoms. The fraction of sp³-hybridized carbons (Fsp3) is 0.400. The number of morpholine rings is 1. The van der Waals surface area contributed by atoms with E-state index < -0.39 is 0 Å². The van der Waals surface area contributed by atoms with Gasteiger partial charge < -0.3 is 24.7 Å². The highest BCUT2D eigenvalue weighted by molar-refractivity contribution is 7.80. The lowest BCUT2D eigenvalue weighted by molar-refractivity contribution is 0.122. The molecule has 122 valence electrons. The number of nitrogens with one attached hydrogen (secondary N) is 2. The standard InChI is InChI=1S/C15H19N5O2S/c1-11-9-13(20-4-7-21-8-5-20)18-14(17-11)19-15(23)16-10-12-3-2-6-22-12/h2-3,6,9H,4-5,7-8,10H2,1H3,(H2,16,17,18,19,23). The summed E-state index contributed by atoms with van der Waals surface area (Å²) in [6.07, 6.45) is 1.63. The number of rotatable bonds is 4. The molecule has 1 aliphatic rings. The number of furan rings is 1. The first-order valence-corrected chi connectivity index (χ1v) is 7.87. The van der Waals surface area contributed by atoms with Crippen molar-refractivity contribution in [2.75, 3.05) is 36.5 Å². The van der Waals surface area contributed by atoms with E-state index in [1.54, 1.807) is 6.26 Å². The lowest BCUT2D eigenvalue weighted by Crippen LogP contribution is -2.37. The zero-order valence-electron chi connectivity index (χ0n) is 12.9. The first kappa shape index (κ1) is 15.7. The largest absolute Gasteiger partial charge is 0.467 e. The topological polar surface area (TPSA) is 75.5 Å². The highest BCUT2D eigenvalue weighted by Gasteiger charge is 2.14. The van der Waals surface area contributed by atoms with Gasteiger partial charge in [0.05, 0.1) is 26.0 Å². The van der Waals surface area contributed by atoms with Crippen LogP contribution in [0.4, 0.5) is 11.8 Å². The van der Waals surface area contributed by atoms with Crippen molar-refractivity contribution in [3.8, 4) is 0 Å². The fourth-order valence-corrected chi connectivity index (χ4v) is 2.45. The van der Waals surface area contributed by atoms with Crippen molar-refractivity contribution < 1.29 is 9.15 Å². The monoisotopic (exact) mass is 333 g/mol. The molecule has 23 heavy (non-hydrogen) atoms. The quantitative estimate of drug-likeness (QED) is 0.819. The molecular formula is C15H19N5O2S. The van der Waals surface area contributed by atoms with Gasteiger partial charge in [-0.2, -0.15) is 4.98 Å². The van der Waals surface area contributed by atoms with Crippen LogP contribution < -0.4 is 15.5 Å². The summed E-state index contributed by atoms with van der Waals surface area (Å²) in [5, 5.41) is 6.55. The summed E-state index contributed by atoms with van der Waals surface area (Å²) in [5.74, 6) is 2.19. The van der Waals surface area contributed by atoms with Gasteiger partial charge in [-0.1, -0.05) is 0 Å². The van der Waals surface area contributed by atoms with Gasteiger partial charge in [0.15, 0.2) is 5.11 Å². The van der Waals surface area contributed by atoms with Crippen molar-refractivity contribution in [3.05, 3.63) is 35.9 Å². The summed E-state index contributed by atoms with van der Waals surface area (Å²) in [6, 6.07) is 5.69. The van der Waals surface area contributed by atoms with Gasteiger partial charge in [-0.3, -0.25) is 0 Å².